The quantitative estimate of drug-likeness (QED) is 0.513. The maximum absolute atomic E-state index is 10.9. The van der Waals surface area contributed by atoms with Gasteiger partial charge >= 0.3 is 0 Å². The highest BCUT2D eigenvalue weighted by atomic mass is 35.5. The van der Waals surface area contributed by atoms with Crippen LogP contribution in [0.3, 0.4) is 0 Å². The van der Waals surface area contributed by atoms with Crippen LogP contribution in [0.15, 0.2) is 53.6 Å². The van der Waals surface area contributed by atoms with Crippen LogP contribution in [-0.4, -0.2) is 34.6 Å². The third kappa shape index (κ3) is 3.94. The van der Waals surface area contributed by atoms with Crippen molar-refractivity contribution in [2.75, 3.05) is 23.5 Å². The van der Waals surface area contributed by atoms with E-state index in [0.717, 1.165) is 16.1 Å². The van der Waals surface area contributed by atoms with Gasteiger partial charge in [-0.05, 0) is 42.7 Å². The van der Waals surface area contributed by atoms with E-state index in [2.05, 4.69) is 15.3 Å². The fraction of sp³-hybridized carbons (Fsp3) is 0.143. The van der Waals surface area contributed by atoms with Crippen molar-refractivity contribution in [1.82, 2.24) is 9.97 Å². The maximum atomic E-state index is 10.9. The number of hydrogen-bond acceptors (Lipinski definition) is 6. The smallest absolute Gasteiger partial charge is 0.229 e. The Kier molecular flexibility index (Phi) is 5.69. The lowest BCUT2D eigenvalue weighted by Gasteiger charge is -2.32. The van der Waals surface area contributed by atoms with Gasteiger partial charge in [0.2, 0.25) is 5.95 Å². The van der Waals surface area contributed by atoms with Gasteiger partial charge in [-0.3, -0.25) is 0 Å². The molecule has 5 nitrogen and oxygen atoms in total. The molecule has 29 heavy (non-hydrogen) atoms. The van der Waals surface area contributed by atoms with Crippen molar-refractivity contribution >= 4 is 64.1 Å². The van der Waals surface area contributed by atoms with Crippen LogP contribution in [0.4, 0.5) is 17.5 Å². The highest BCUT2D eigenvalue weighted by molar-refractivity contribution is 7.98. The van der Waals surface area contributed by atoms with Crippen LogP contribution >= 0.6 is 35.0 Å². The number of hydrogen-bond donors (Lipinski definition) is 2. The SMILES string of the molecule is CSc1cccc(Nc2ncc3c(n2)N(C)C(O)C(c2c(Cl)cccc2Cl)=C3)c1. The lowest BCUT2D eigenvalue weighted by molar-refractivity contribution is 0.231. The molecule has 0 spiro atoms. The summed E-state index contributed by atoms with van der Waals surface area (Å²) in [6.45, 7) is 0. The number of fused-ring (bicyclic) bond motifs is 1. The molecule has 1 unspecified atom stereocenters. The van der Waals surface area contributed by atoms with E-state index in [1.165, 1.54) is 0 Å². The van der Waals surface area contributed by atoms with Gasteiger partial charge in [0.1, 0.15) is 5.82 Å². The molecular formula is C21H18Cl2N4OS. The maximum Gasteiger partial charge on any atom is 0.229 e. The second-order valence-corrected chi connectivity index (χ2v) is 8.20. The lowest BCUT2D eigenvalue weighted by atomic mass is 9.98. The number of aromatic nitrogens is 2. The van der Waals surface area contributed by atoms with Gasteiger partial charge in [-0.15, -0.1) is 11.8 Å². The number of nitrogens with one attached hydrogen (secondary N) is 1. The molecule has 3 aromatic rings. The molecule has 1 aromatic heterocycles. The van der Waals surface area contributed by atoms with E-state index in [4.69, 9.17) is 23.2 Å². The van der Waals surface area contributed by atoms with Crippen LogP contribution in [0.1, 0.15) is 11.1 Å². The first-order valence-electron chi connectivity index (χ1n) is 8.83. The van der Waals surface area contributed by atoms with E-state index in [1.54, 1.807) is 48.1 Å². The van der Waals surface area contributed by atoms with Crippen LogP contribution in [-0.2, 0) is 0 Å². The summed E-state index contributed by atoms with van der Waals surface area (Å²) < 4.78 is 0. The third-order valence-corrected chi connectivity index (χ3v) is 6.02. The zero-order valence-electron chi connectivity index (χ0n) is 15.7. The Bertz CT molecular complexity index is 1090. The van der Waals surface area contributed by atoms with Gasteiger partial charge in [-0.2, -0.15) is 4.98 Å². The van der Waals surface area contributed by atoms with Gasteiger partial charge in [0.25, 0.3) is 0 Å². The highest BCUT2D eigenvalue weighted by Crippen LogP contribution is 2.39. The van der Waals surface area contributed by atoms with E-state index < -0.39 is 6.23 Å². The molecule has 8 heteroatoms. The van der Waals surface area contributed by atoms with Crippen LogP contribution in [0.25, 0.3) is 11.6 Å². The van der Waals surface area contributed by atoms with E-state index in [0.29, 0.717) is 32.9 Å². The highest BCUT2D eigenvalue weighted by Gasteiger charge is 2.29. The summed E-state index contributed by atoms with van der Waals surface area (Å²) in [6, 6.07) is 13.3. The molecule has 0 aliphatic carbocycles. The van der Waals surface area contributed by atoms with Gasteiger partial charge in [-0.25, -0.2) is 4.98 Å². The molecule has 2 heterocycles. The number of aliphatic hydroxyl groups is 1. The second-order valence-electron chi connectivity index (χ2n) is 6.51. The summed E-state index contributed by atoms with van der Waals surface area (Å²) in [5.41, 5.74) is 2.88. The van der Waals surface area contributed by atoms with Crippen molar-refractivity contribution in [3.63, 3.8) is 0 Å². The third-order valence-electron chi connectivity index (χ3n) is 4.66. The number of aliphatic hydroxyl groups excluding tert-OH is 1. The molecule has 2 aromatic carbocycles. The number of halogens is 2. The Labute approximate surface area is 183 Å². The van der Waals surface area contributed by atoms with E-state index in [9.17, 15) is 5.11 Å². The Morgan fingerprint density at radius 2 is 1.86 bits per heavy atom. The van der Waals surface area contributed by atoms with Gasteiger partial charge in [0.05, 0.1) is 0 Å². The first-order chi connectivity index (χ1) is 14.0. The molecule has 148 valence electrons. The Morgan fingerprint density at radius 3 is 2.59 bits per heavy atom. The molecule has 1 aliphatic rings. The summed E-state index contributed by atoms with van der Waals surface area (Å²) in [6.07, 6.45) is 4.63. The Hall–Kier alpha value is -2.25. The topological polar surface area (TPSA) is 61.3 Å². The summed E-state index contributed by atoms with van der Waals surface area (Å²) in [7, 11) is 1.77. The zero-order valence-corrected chi connectivity index (χ0v) is 18.1. The number of benzene rings is 2. The van der Waals surface area contributed by atoms with Gasteiger partial charge in [-0.1, -0.05) is 35.3 Å². The second kappa shape index (κ2) is 8.24. The predicted octanol–water partition coefficient (Wildman–Crippen LogP) is 5.56. The minimum atomic E-state index is -0.942. The molecule has 0 saturated carbocycles. The molecule has 0 amide bonds. The Balaban J connectivity index is 1.71. The van der Waals surface area contributed by atoms with Crippen molar-refractivity contribution in [3.05, 3.63) is 69.8 Å². The van der Waals surface area contributed by atoms with E-state index in [-0.39, 0.29) is 0 Å². The van der Waals surface area contributed by atoms with Crippen molar-refractivity contribution in [2.45, 2.75) is 11.1 Å². The first kappa shape index (κ1) is 20.0. The van der Waals surface area contributed by atoms with Crippen molar-refractivity contribution in [2.24, 2.45) is 0 Å². The molecule has 4 rings (SSSR count). The summed E-state index contributed by atoms with van der Waals surface area (Å²) in [4.78, 5) is 11.8. The van der Waals surface area contributed by atoms with Crippen LogP contribution in [0, 0.1) is 0 Å². The lowest BCUT2D eigenvalue weighted by Crippen LogP contribution is -2.36. The largest absolute Gasteiger partial charge is 0.369 e. The van der Waals surface area contributed by atoms with Crippen molar-refractivity contribution < 1.29 is 5.11 Å². The van der Waals surface area contributed by atoms with Gasteiger partial charge < -0.3 is 15.3 Å². The number of rotatable bonds is 4. The van der Waals surface area contributed by atoms with E-state index >= 15 is 0 Å². The van der Waals surface area contributed by atoms with Crippen molar-refractivity contribution in [1.29, 1.82) is 0 Å². The van der Waals surface area contributed by atoms with Crippen molar-refractivity contribution in [3.8, 4) is 0 Å². The summed E-state index contributed by atoms with van der Waals surface area (Å²) in [5.74, 6) is 1.07. The number of likely N-dealkylation sites (N-methyl/N-ethyl adjacent to an activating group) is 1. The average molecular weight is 445 g/mol. The average Bonchev–Trinajstić information content (AvgIpc) is 2.72. The van der Waals surface area contributed by atoms with E-state index in [1.807, 2.05) is 36.6 Å². The van der Waals surface area contributed by atoms with Gasteiger partial charge in [0.15, 0.2) is 6.23 Å². The number of anilines is 3. The standard InChI is InChI=1S/C21H18Cl2N4OS/c1-27-19-12(9-15(20(27)28)18-16(22)7-4-8-17(18)23)11-24-21(26-19)25-13-5-3-6-14(10-13)29-2/h3-11,20,28H,1-2H3,(H,24,25,26). The molecular weight excluding hydrogens is 427 g/mol. The predicted molar refractivity (Wildman–Crippen MR) is 122 cm³/mol. The number of nitrogens with zero attached hydrogens (tertiary/aromatic N) is 3. The Morgan fingerprint density at radius 1 is 1.14 bits per heavy atom. The summed E-state index contributed by atoms with van der Waals surface area (Å²) >= 11 is 14.4. The van der Waals surface area contributed by atoms with Crippen LogP contribution < -0.4 is 10.2 Å². The fourth-order valence-corrected chi connectivity index (χ4v) is 4.27. The molecule has 0 bridgehead atoms. The fourth-order valence-electron chi connectivity index (χ4n) is 3.20. The minimum absolute atomic E-state index is 0.452. The van der Waals surface area contributed by atoms with Crippen LogP contribution in [0.2, 0.25) is 10.0 Å². The molecule has 0 saturated heterocycles. The normalized spacial score (nSPS) is 15.7. The molecule has 2 N–H and O–H groups in total. The summed E-state index contributed by atoms with van der Waals surface area (Å²) in [5, 5.41) is 15.1. The van der Waals surface area contributed by atoms with Gasteiger partial charge in [0, 0.05) is 50.6 Å². The monoisotopic (exact) mass is 444 g/mol. The molecule has 1 atom stereocenters. The first-order valence-corrected chi connectivity index (χ1v) is 10.8. The molecule has 0 fully saturated rings. The van der Waals surface area contributed by atoms with Crippen LogP contribution in [0.5, 0.6) is 0 Å². The minimum Gasteiger partial charge on any atom is -0.369 e. The molecule has 1 aliphatic heterocycles. The number of thioether (sulfide) groups is 1. The molecule has 0 radical (unpaired) electrons. The zero-order chi connectivity index (χ0) is 20.5.